The second-order valence-corrected chi connectivity index (χ2v) is 6.42. The van der Waals surface area contributed by atoms with Crippen molar-refractivity contribution in [2.24, 2.45) is 11.1 Å². The fraction of sp³-hybridized carbons (Fsp3) is 0.733. The first kappa shape index (κ1) is 14.3. The Labute approximate surface area is 116 Å². The highest BCUT2D eigenvalue weighted by atomic mass is 15.3. The zero-order chi connectivity index (χ0) is 14.0. The van der Waals surface area contributed by atoms with E-state index >= 15 is 0 Å². The summed E-state index contributed by atoms with van der Waals surface area (Å²) in [7, 11) is 0. The molecule has 2 rings (SSSR count). The van der Waals surface area contributed by atoms with Crippen molar-refractivity contribution in [1.82, 2.24) is 10.2 Å². The SMILES string of the molecule is Cc1nnc(N2CCCC(C)(C)CC2)c(CN)c1C. The minimum absolute atomic E-state index is 0.435. The molecule has 1 saturated heterocycles. The zero-order valence-electron chi connectivity index (χ0n) is 12.7. The van der Waals surface area contributed by atoms with Crippen LogP contribution in [0.4, 0.5) is 5.82 Å². The average Bonchev–Trinajstić information content (AvgIpc) is 2.53. The van der Waals surface area contributed by atoms with Gasteiger partial charge < -0.3 is 10.6 Å². The summed E-state index contributed by atoms with van der Waals surface area (Å²) in [6.07, 6.45) is 3.69. The number of nitrogens with two attached hydrogens (primary N) is 1. The van der Waals surface area contributed by atoms with Gasteiger partial charge in [0, 0.05) is 25.2 Å². The number of anilines is 1. The van der Waals surface area contributed by atoms with Crippen LogP contribution in [0.3, 0.4) is 0 Å². The summed E-state index contributed by atoms with van der Waals surface area (Å²) in [6.45, 7) is 11.5. The van der Waals surface area contributed by atoms with Crippen LogP contribution in [0.25, 0.3) is 0 Å². The molecule has 0 saturated carbocycles. The Hall–Kier alpha value is -1.16. The molecule has 106 valence electrons. The monoisotopic (exact) mass is 262 g/mol. The van der Waals surface area contributed by atoms with E-state index in [0.29, 0.717) is 12.0 Å². The first-order chi connectivity index (χ1) is 8.94. The Balaban J connectivity index is 2.29. The lowest BCUT2D eigenvalue weighted by atomic mass is 9.85. The Morgan fingerprint density at radius 2 is 1.89 bits per heavy atom. The quantitative estimate of drug-likeness (QED) is 0.890. The topological polar surface area (TPSA) is 55.0 Å². The van der Waals surface area contributed by atoms with Crippen molar-refractivity contribution in [2.45, 2.75) is 53.5 Å². The Morgan fingerprint density at radius 3 is 2.58 bits per heavy atom. The standard InChI is InChI=1S/C15H26N4/c1-11-12(2)17-18-14(13(11)10-16)19-8-5-6-15(3,4)7-9-19/h5-10,16H2,1-4H3. The lowest BCUT2D eigenvalue weighted by Gasteiger charge is -2.26. The third-order valence-corrected chi connectivity index (χ3v) is 4.40. The molecule has 1 aliphatic rings. The van der Waals surface area contributed by atoms with Crippen LogP contribution in [0, 0.1) is 19.3 Å². The molecule has 0 spiro atoms. The molecule has 1 aromatic rings. The maximum absolute atomic E-state index is 5.92. The van der Waals surface area contributed by atoms with Crippen molar-refractivity contribution in [1.29, 1.82) is 0 Å². The summed E-state index contributed by atoms with van der Waals surface area (Å²) < 4.78 is 0. The Kier molecular flexibility index (Phi) is 4.09. The predicted octanol–water partition coefficient (Wildman–Crippen LogP) is 2.57. The molecule has 0 aliphatic carbocycles. The van der Waals surface area contributed by atoms with E-state index in [0.717, 1.165) is 30.2 Å². The van der Waals surface area contributed by atoms with Gasteiger partial charge in [0.25, 0.3) is 0 Å². The molecular formula is C15H26N4. The normalized spacial score (nSPS) is 19.3. The summed E-state index contributed by atoms with van der Waals surface area (Å²) >= 11 is 0. The van der Waals surface area contributed by atoms with Gasteiger partial charge in [0.05, 0.1) is 5.69 Å². The molecule has 0 atom stereocenters. The van der Waals surface area contributed by atoms with Crippen LogP contribution in [-0.4, -0.2) is 23.3 Å². The van der Waals surface area contributed by atoms with Gasteiger partial charge in [-0.05, 0) is 44.1 Å². The smallest absolute Gasteiger partial charge is 0.156 e. The van der Waals surface area contributed by atoms with E-state index in [1.165, 1.54) is 24.8 Å². The van der Waals surface area contributed by atoms with Crippen LogP contribution in [0.15, 0.2) is 0 Å². The van der Waals surface area contributed by atoms with Crippen molar-refractivity contribution >= 4 is 5.82 Å². The van der Waals surface area contributed by atoms with Crippen LogP contribution in [0.1, 0.15) is 49.9 Å². The van der Waals surface area contributed by atoms with Gasteiger partial charge in [-0.25, -0.2) is 0 Å². The van der Waals surface area contributed by atoms with Gasteiger partial charge in [-0.1, -0.05) is 13.8 Å². The summed E-state index contributed by atoms with van der Waals surface area (Å²) in [5.41, 5.74) is 9.70. The van der Waals surface area contributed by atoms with E-state index in [4.69, 9.17) is 5.73 Å². The van der Waals surface area contributed by atoms with Crippen LogP contribution < -0.4 is 10.6 Å². The first-order valence-electron chi connectivity index (χ1n) is 7.22. The Bertz CT molecular complexity index is 454. The third-order valence-electron chi connectivity index (χ3n) is 4.40. The maximum Gasteiger partial charge on any atom is 0.156 e. The van der Waals surface area contributed by atoms with E-state index in [1.807, 2.05) is 6.92 Å². The molecule has 0 amide bonds. The number of aryl methyl sites for hydroxylation is 1. The highest BCUT2D eigenvalue weighted by Gasteiger charge is 2.25. The molecule has 1 fully saturated rings. The molecule has 4 heteroatoms. The fourth-order valence-electron chi connectivity index (χ4n) is 2.78. The second-order valence-electron chi connectivity index (χ2n) is 6.42. The maximum atomic E-state index is 5.92. The van der Waals surface area contributed by atoms with Crippen molar-refractivity contribution in [3.05, 3.63) is 16.8 Å². The highest BCUT2D eigenvalue weighted by Crippen LogP contribution is 2.32. The van der Waals surface area contributed by atoms with E-state index in [-0.39, 0.29) is 0 Å². The molecule has 2 N–H and O–H groups in total. The minimum Gasteiger partial charge on any atom is -0.355 e. The molecule has 0 radical (unpaired) electrons. The van der Waals surface area contributed by atoms with Crippen molar-refractivity contribution in [3.8, 4) is 0 Å². The van der Waals surface area contributed by atoms with Gasteiger partial charge >= 0.3 is 0 Å². The zero-order valence-corrected chi connectivity index (χ0v) is 12.7. The van der Waals surface area contributed by atoms with E-state index in [2.05, 4.69) is 35.9 Å². The first-order valence-corrected chi connectivity index (χ1v) is 7.22. The number of hydrogen-bond acceptors (Lipinski definition) is 4. The van der Waals surface area contributed by atoms with E-state index < -0.39 is 0 Å². The van der Waals surface area contributed by atoms with Gasteiger partial charge in [-0.15, -0.1) is 5.10 Å². The molecular weight excluding hydrogens is 236 g/mol. The molecule has 1 aromatic heterocycles. The summed E-state index contributed by atoms with van der Waals surface area (Å²) in [4.78, 5) is 2.37. The fourth-order valence-corrected chi connectivity index (χ4v) is 2.78. The largest absolute Gasteiger partial charge is 0.355 e. The van der Waals surface area contributed by atoms with Crippen LogP contribution in [-0.2, 0) is 6.54 Å². The van der Waals surface area contributed by atoms with Gasteiger partial charge in [0.1, 0.15) is 0 Å². The van der Waals surface area contributed by atoms with Crippen molar-refractivity contribution in [3.63, 3.8) is 0 Å². The van der Waals surface area contributed by atoms with Gasteiger partial charge in [-0.2, -0.15) is 5.10 Å². The molecule has 0 aromatic carbocycles. The van der Waals surface area contributed by atoms with Gasteiger partial charge in [0.15, 0.2) is 5.82 Å². The third kappa shape index (κ3) is 3.06. The summed E-state index contributed by atoms with van der Waals surface area (Å²) in [5.74, 6) is 1.00. The average molecular weight is 262 g/mol. The summed E-state index contributed by atoms with van der Waals surface area (Å²) in [5, 5.41) is 8.70. The number of aromatic nitrogens is 2. The lowest BCUT2D eigenvalue weighted by Crippen LogP contribution is -2.28. The van der Waals surface area contributed by atoms with E-state index in [1.54, 1.807) is 0 Å². The molecule has 4 nitrogen and oxygen atoms in total. The molecule has 19 heavy (non-hydrogen) atoms. The predicted molar refractivity (Wildman–Crippen MR) is 79.2 cm³/mol. The summed E-state index contributed by atoms with van der Waals surface area (Å²) in [6, 6.07) is 0. The lowest BCUT2D eigenvalue weighted by molar-refractivity contribution is 0.325. The van der Waals surface area contributed by atoms with Gasteiger partial charge in [0.2, 0.25) is 0 Å². The van der Waals surface area contributed by atoms with Crippen LogP contribution in [0.2, 0.25) is 0 Å². The Morgan fingerprint density at radius 1 is 1.16 bits per heavy atom. The van der Waals surface area contributed by atoms with Gasteiger partial charge in [-0.3, -0.25) is 0 Å². The van der Waals surface area contributed by atoms with Crippen molar-refractivity contribution < 1.29 is 0 Å². The highest BCUT2D eigenvalue weighted by molar-refractivity contribution is 5.50. The minimum atomic E-state index is 0.435. The van der Waals surface area contributed by atoms with Crippen LogP contribution in [0.5, 0.6) is 0 Å². The van der Waals surface area contributed by atoms with Crippen molar-refractivity contribution in [2.75, 3.05) is 18.0 Å². The molecule has 0 unspecified atom stereocenters. The molecule has 0 bridgehead atoms. The number of hydrogen-bond donors (Lipinski definition) is 1. The second kappa shape index (κ2) is 5.45. The molecule has 2 heterocycles. The molecule has 1 aliphatic heterocycles. The van der Waals surface area contributed by atoms with E-state index in [9.17, 15) is 0 Å². The number of nitrogens with zero attached hydrogens (tertiary/aromatic N) is 3. The number of rotatable bonds is 2. The van der Waals surface area contributed by atoms with Crippen LogP contribution >= 0.6 is 0 Å².